The molecule has 0 spiro atoms. The normalized spacial score (nSPS) is 24.7. The highest BCUT2D eigenvalue weighted by molar-refractivity contribution is 5.81. The zero-order chi connectivity index (χ0) is 11.9. The van der Waals surface area contributed by atoms with Crippen molar-refractivity contribution in [3.63, 3.8) is 0 Å². The van der Waals surface area contributed by atoms with E-state index in [1.807, 2.05) is 6.92 Å². The number of carbonyl (C=O) groups excluding carboxylic acids is 1. The van der Waals surface area contributed by atoms with Gasteiger partial charge in [-0.2, -0.15) is 0 Å². The SMILES string of the molecule is CCC(N)C(=O)NCC1C(C)(C)C1(C)C. The molecular formula is C12H24N2O. The standard InChI is InChI=1S/C12H24N2O/c1-6-8(13)10(15)14-7-9-11(2,3)12(9,4)5/h8-9H,6-7,13H2,1-5H3,(H,14,15). The van der Waals surface area contributed by atoms with Crippen molar-refractivity contribution in [1.29, 1.82) is 0 Å². The van der Waals surface area contributed by atoms with Crippen LogP contribution in [0.2, 0.25) is 0 Å². The van der Waals surface area contributed by atoms with E-state index in [1.54, 1.807) is 0 Å². The molecule has 0 aliphatic heterocycles. The van der Waals surface area contributed by atoms with E-state index in [0.717, 1.165) is 6.54 Å². The van der Waals surface area contributed by atoms with E-state index in [0.29, 0.717) is 23.2 Å². The van der Waals surface area contributed by atoms with Gasteiger partial charge in [0.2, 0.25) is 5.91 Å². The number of nitrogens with two attached hydrogens (primary N) is 1. The van der Waals surface area contributed by atoms with Crippen molar-refractivity contribution in [3.05, 3.63) is 0 Å². The number of nitrogens with one attached hydrogen (secondary N) is 1. The van der Waals surface area contributed by atoms with Gasteiger partial charge in [-0.05, 0) is 23.2 Å². The second-order valence-corrected chi connectivity index (χ2v) is 5.76. The van der Waals surface area contributed by atoms with Crippen molar-refractivity contribution in [2.75, 3.05) is 6.54 Å². The fourth-order valence-electron chi connectivity index (χ4n) is 2.36. The summed E-state index contributed by atoms with van der Waals surface area (Å²) >= 11 is 0. The molecule has 1 amide bonds. The fraction of sp³-hybridized carbons (Fsp3) is 0.917. The van der Waals surface area contributed by atoms with Crippen LogP contribution in [0.5, 0.6) is 0 Å². The van der Waals surface area contributed by atoms with Gasteiger partial charge in [-0.1, -0.05) is 34.6 Å². The van der Waals surface area contributed by atoms with Crippen LogP contribution in [0.15, 0.2) is 0 Å². The molecule has 1 unspecified atom stereocenters. The Kier molecular flexibility index (Phi) is 3.15. The third kappa shape index (κ3) is 2.03. The van der Waals surface area contributed by atoms with Crippen LogP contribution in [0.25, 0.3) is 0 Å². The van der Waals surface area contributed by atoms with E-state index in [4.69, 9.17) is 5.73 Å². The van der Waals surface area contributed by atoms with E-state index in [1.165, 1.54) is 0 Å². The smallest absolute Gasteiger partial charge is 0.236 e. The van der Waals surface area contributed by atoms with Crippen molar-refractivity contribution in [1.82, 2.24) is 5.32 Å². The molecule has 15 heavy (non-hydrogen) atoms. The quantitative estimate of drug-likeness (QED) is 0.742. The maximum atomic E-state index is 11.5. The maximum Gasteiger partial charge on any atom is 0.236 e. The average Bonchev–Trinajstić information content (AvgIpc) is 2.53. The Morgan fingerprint density at radius 1 is 1.33 bits per heavy atom. The van der Waals surface area contributed by atoms with Gasteiger partial charge in [0.05, 0.1) is 6.04 Å². The molecule has 88 valence electrons. The van der Waals surface area contributed by atoms with E-state index < -0.39 is 0 Å². The molecule has 0 bridgehead atoms. The predicted molar refractivity (Wildman–Crippen MR) is 62.3 cm³/mol. The largest absolute Gasteiger partial charge is 0.354 e. The van der Waals surface area contributed by atoms with Gasteiger partial charge in [0.15, 0.2) is 0 Å². The Bertz CT molecular complexity index is 244. The van der Waals surface area contributed by atoms with Crippen LogP contribution in [0.3, 0.4) is 0 Å². The van der Waals surface area contributed by atoms with Gasteiger partial charge in [-0.3, -0.25) is 4.79 Å². The summed E-state index contributed by atoms with van der Waals surface area (Å²) in [6, 6.07) is -0.352. The van der Waals surface area contributed by atoms with Crippen molar-refractivity contribution in [3.8, 4) is 0 Å². The minimum Gasteiger partial charge on any atom is -0.354 e. The van der Waals surface area contributed by atoms with Gasteiger partial charge < -0.3 is 11.1 Å². The van der Waals surface area contributed by atoms with Crippen LogP contribution in [0.4, 0.5) is 0 Å². The number of hydrogen-bond donors (Lipinski definition) is 2. The molecule has 0 radical (unpaired) electrons. The molecule has 1 aliphatic carbocycles. The fourth-order valence-corrected chi connectivity index (χ4v) is 2.36. The summed E-state index contributed by atoms with van der Waals surface area (Å²) in [6.07, 6.45) is 0.698. The highest BCUT2D eigenvalue weighted by Gasteiger charge is 2.64. The van der Waals surface area contributed by atoms with Crippen molar-refractivity contribution in [2.45, 2.75) is 47.1 Å². The lowest BCUT2D eigenvalue weighted by molar-refractivity contribution is -0.122. The molecule has 3 nitrogen and oxygen atoms in total. The second kappa shape index (κ2) is 3.78. The summed E-state index contributed by atoms with van der Waals surface area (Å²) in [5.41, 5.74) is 6.31. The highest BCUT2D eigenvalue weighted by atomic mass is 16.2. The van der Waals surface area contributed by atoms with Gasteiger partial charge >= 0.3 is 0 Å². The summed E-state index contributed by atoms with van der Waals surface area (Å²) in [6.45, 7) is 11.7. The lowest BCUT2D eigenvalue weighted by Crippen LogP contribution is -2.41. The molecule has 1 aliphatic rings. The van der Waals surface area contributed by atoms with Gasteiger partial charge in [0.25, 0.3) is 0 Å². The van der Waals surface area contributed by atoms with Crippen molar-refractivity contribution < 1.29 is 4.79 Å². The minimum absolute atomic E-state index is 0.0176. The molecule has 0 heterocycles. The van der Waals surface area contributed by atoms with Crippen LogP contribution >= 0.6 is 0 Å². The lowest BCUT2D eigenvalue weighted by atomic mass is 10.0. The summed E-state index contributed by atoms with van der Waals surface area (Å²) < 4.78 is 0. The van der Waals surface area contributed by atoms with Crippen LogP contribution in [0.1, 0.15) is 41.0 Å². The Balaban J connectivity index is 2.38. The molecule has 1 saturated carbocycles. The highest BCUT2D eigenvalue weighted by Crippen LogP contribution is 2.67. The van der Waals surface area contributed by atoms with E-state index in [9.17, 15) is 4.79 Å². The first-order valence-electron chi connectivity index (χ1n) is 5.78. The zero-order valence-electron chi connectivity index (χ0n) is 10.6. The Labute approximate surface area is 92.8 Å². The molecule has 0 saturated heterocycles. The van der Waals surface area contributed by atoms with Crippen molar-refractivity contribution in [2.24, 2.45) is 22.5 Å². The van der Waals surface area contributed by atoms with Crippen LogP contribution in [0, 0.1) is 16.7 Å². The Morgan fingerprint density at radius 3 is 2.13 bits per heavy atom. The van der Waals surface area contributed by atoms with Gasteiger partial charge in [0.1, 0.15) is 0 Å². The van der Waals surface area contributed by atoms with Crippen LogP contribution in [-0.4, -0.2) is 18.5 Å². The van der Waals surface area contributed by atoms with E-state index >= 15 is 0 Å². The topological polar surface area (TPSA) is 55.1 Å². The van der Waals surface area contributed by atoms with E-state index in [2.05, 4.69) is 33.0 Å². The molecule has 3 N–H and O–H groups in total. The van der Waals surface area contributed by atoms with Gasteiger partial charge in [0, 0.05) is 6.54 Å². The average molecular weight is 212 g/mol. The third-order valence-corrected chi connectivity index (χ3v) is 4.58. The number of amides is 1. The molecular weight excluding hydrogens is 188 g/mol. The number of carbonyl (C=O) groups is 1. The number of rotatable bonds is 4. The summed E-state index contributed by atoms with van der Waals surface area (Å²) in [5.74, 6) is 0.550. The van der Waals surface area contributed by atoms with Gasteiger partial charge in [-0.15, -0.1) is 0 Å². The molecule has 3 heteroatoms. The summed E-state index contributed by atoms with van der Waals surface area (Å²) in [7, 11) is 0. The monoisotopic (exact) mass is 212 g/mol. The van der Waals surface area contributed by atoms with Crippen molar-refractivity contribution >= 4 is 5.91 Å². The first-order chi connectivity index (χ1) is 6.75. The maximum absolute atomic E-state index is 11.5. The summed E-state index contributed by atoms with van der Waals surface area (Å²) in [5, 5.41) is 2.94. The molecule has 1 rings (SSSR count). The first kappa shape index (κ1) is 12.5. The zero-order valence-corrected chi connectivity index (χ0v) is 10.6. The van der Waals surface area contributed by atoms with E-state index in [-0.39, 0.29) is 11.9 Å². The molecule has 0 aromatic heterocycles. The Hall–Kier alpha value is -0.570. The second-order valence-electron chi connectivity index (χ2n) is 5.76. The lowest BCUT2D eigenvalue weighted by Gasteiger charge is -2.10. The Morgan fingerprint density at radius 2 is 1.80 bits per heavy atom. The molecule has 0 aromatic rings. The molecule has 1 atom stereocenters. The predicted octanol–water partition coefficient (Wildman–Crippen LogP) is 1.52. The van der Waals surface area contributed by atoms with Crippen LogP contribution in [-0.2, 0) is 4.79 Å². The third-order valence-electron chi connectivity index (χ3n) is 4.58. The minimum atomic E-state index is -0.352. The molecule has 0 aromatic carbocycles. The first-order valence-corrected chi connectivity index (χ1v) is 5.78. The summed E-state index contributed by atoms with van der Waals surface area (Å²) in [4.78, 5) is 11.5. The number of hydrogen-bond acceptors (Lipinski definition) is 2. The van der Waals surface area contributed by atoms with Gasteiger partial charge in [-0.25, -0.2) is 0 Å². The van der Waals surface area contributed by atoms with Crippen LogP contribution < -0.4 is 11.1 Å². The molecule has 1 fully saturated rings.